The molecule has 1 amide bonds. The highest BCUT2D eigenvalue weighted by Crippen LogP contribution is 2.26. The Hall–Kier alpha value is -3.15. The lowest BCUT2D eigenvalue weighted by atomic mass is 10.0. The van der Waals surface area contributed by atoms with E-state index in [-0.39, 0.29) is 23.8 Å². The van der Waals surface area contributed by atoms with Crippen LogP contribution >= 0.6 is 0 Å². The SMILES string of the molecule is COc1ccc(C)cc1[C@@H](C)NC(=O)CCn1ncc(=O)c2ccccc21. The molecule has 0 aliphatic carbocycles. The average Bonchev–Trinajstić information content (AvgIpc) is 2.67. The van der Waals surface area contributed by atoms with Gasteiger partial charge in [-0.2, -0.15) is 5.10 Å². The smallest absolute Gasteiger partial charge is 0.222 e. The van der Waals surface area contributed by atoms with Gasteiger partial charge in [0.05, 0.1) is 31.4 Å². The van der Waals surface area contributed by atoms with Crippen LogP contribution in [0.4, 0.5) is 0 Å². The molecular weight excluding hydrogens is 342 g/mol. The Morgan fingerprint density at radius 3 is 2.81 bits per heavy atom. The molecule has 1 N–H and O–H groups in total. The molecule has 3 rings (SSSR count). The normalized spacial score (nSPS) is 12.0. The summed E-state index contributed by atoms with van der Waals surface area (Å²) < 4.78 is 7.09. The maximum atomic E-state index is 12.4. The van der Waals surface area contributed by atoms with E-state index in [0.717, 1.165) is 22.4 Å². The van der Waals surface area contributed by atoms with E-state index in [4.69, 9.17) is 4.74 Å². The molecule has 27 heavy (non-hydrogen) atoms. The lowest BCUT2D eigenvalue weighted by molar-refractivity contribution is -0.122. The molecule has 1 atom stereocenters. The third-order valence-electron chi connectivity index (χ3n) is 4.54. The van der Waals surface area contributed by atoms with E-state index in [9.17, 15) is 9.59 Å². The first kappa shape index (κ1) is 18.6. The molecule has 0 unspecified atom stereocenters. The topological polar surface area (TPSA) is 73.2 Å². The number of benzene rings is 2. The van der Waals surface area contributed by atoms with Crippen LogP contribution < -0.4 is 15.5 Å². The minimum absolute atomic E-state index is 0.0874. The van der Waals surface area contributed by atoms with Crippen LogP contribution in [-0.4, -0.2) is 22.8 Å². The molecule has 0 bridgehead atoms. The summed E-state index contributed by atoms with van der Waals surface area (Å²) in [7, 11) is 1.62. The third kappa shape index (κ3) is 4.16. The van der Waals surface area contributed by atoms with Gasteiger partial charge in [-0.1, -0.05) is 29.8 Å². The summed E-state index contributed by atoms with van der Waals surface area (Å²) in [4.78, 5) is 24.3. The summed E-state index contributed by atoms with van der Waals surface area (Å²) in [5.74, 6) is 0.664. The highest BCUT2D eigenvalue weighted by molar-refractivity contribution is 5.79. The molecule has 3 aromatic rings. The molecule has 6 heteroatoms. The first-order chi connectivity index (χ1) is 13.0. The Morgan fingerprint density at radius 1 is 1.26 bits per heavy atom. The van der Waals surface area contributed by atoms with Gasteiger partial charge in [-0.05, 0) is 32.0 Å². The summed E-state index contributed by atoms with van der Waals surface area (Å²) in [6.07, 6.45) is 1.55. The van der Waals surface area contributed by atoms with Crippen molar-refractivity contribution in [2.45, 2.75) is 32.9 Å². The number of nitrogens with one attached hydrogen (secondary N) is 1. The molecule has 140 valence electrons. The van der Waals surface area contributed by atoms with E-state index in [1.54, 1.807) is 17.9 Å². The Kier molecular flexibility index (Phi) is 5.54. The van der Waals surface area contributed by atoms with Crippen LogP contribution in [0.5, 0.6) is 5.75 Å². The maximum absolute atomic E-state index is 12.4. The zero-order chi connectivity index (χ0) is 19.4. The van der Waals surface area contributed by atoms with Gasteiger partial charge in [0.1, 0.15) is 5.75 Å². The zero-order valence-electron chi connectivity index (χ0n) is 15.7. The maximum Gasteiger partial charge on any atom is 0.222 e. The van der Waals surface area contributed by atoms with Crippen LogP contribution in [0.1, 0.15) is 30.5 Å². The lowest BCUT2D eigenvalue weighted by Gasteiger charge is -2.18. The van der Waals surface area contributed by atoms with Crippen molar-refractivity contribution in [3.63, 3.8) is 0 Å². The molecule has 6 nitrogen and oxygen atoms in total. The first-order valence-corrected chi connectivity index (χ1v) is 8.88. The van der Waals surface area contributed by atoms with Crippen LogP contribution in [0.25, 0.3) is 10.9 Å². The van der Waals surface area contributed by atoms with Gasteiger partial charge in [0.2, 0.25) is 11.3 Å². The van der Waals surface area contributed by atoms with E-state index in [1.807, 2.05) is 50.2 Å². The molecule has 0 aliphatic rings. The van der Waals surface area contributed by atoms with Crippen LogP contribution in [0, 0.1) is 6.92 Å². The van der Waals surface area contributed by atoms with Crippen LogP contribution in [0.15, 0.2) is 53.5 Å². The van der Waals surface area contributed by atoms with Crippen molar-refractivity contribution in [3.05, 3.63) is 70.0 Å². The number of nitrogens with zero attached hydrogens (tertiary/aromatic N) is 2. The minimum atomic E-state index is -0.175. The second kappa shape index (κ2) is 8.03. The van der Waals surface area contributed by atoms with Crippen molar-refractivity contribution < 1.29 is 9.53 Å². The van der Waals surface area contributed by atoms with E-state index >= 15 is 0 Å². The molecule has 1 heterocycles. The minimum Gasteiger partial charge on any atom is -0.496 e. The number of fused-ring (bicyclic) bond motifs is 1. The van der Waals surface area contributed by atoms with Crippen molar-refractivity contribution in [1.29, 1.82) is 0 Å². The molecule has 2 aromatic carbocycles. The quantitative estimate of drug-likeness (QED) is 0.729. The van der Waals surface area contributed by atoms with Crippen molar-refractivity contribution in [2.24, 2.45) is 0 Å². The van der Waals surface area contributed by atoms with Gasteiger partial charge in [0, 0.05) is 17.4 Å². The monoisotopic (exact) mass is 365 g/mol. The molecule has 0 fully saturated rings. The number of ether oxygens (including phenoxy) is 1. The molecule has 0 aliphatic heterocycles. The number of aryl methyl sites for hydroxylation is 2. The molecule has 0 spiro atoms. The predicted molar refractivity (Wildman–Crippen MR) is 105 cm³/mol. The van der Waals surface area contributed by atoms with Gasteiger partial charge < -0.3 is 10.1 Å². The number of aromatic nitrogens is 2. The number of rotatable bonds is 6. The molecule has 1 aromatic heterocycles. The number of hydrogen-bond donors (Lipinski definition) is 1. The van der Waals surface area contributed by atoms with Crippen LogP contribution in [0.2, 0.25) is 0 Å². The van der Waals surface area contributed by atoms with Crippen LogP contribution in [0.3, 0.4) is 0 Å². The predicted octanol–water partition coefficient (Wildman–Crippen LogP) is 2.98. The Morgan fingerprint density at radius 2 is 2.04 bits per heavy atom. The number of carbonyl (C=O) groups excluding carboxylic acids is 1. The van der Waals surface area contributed by atoms with Crippen molar-refractivity contribution in [3.8, 4) is 5.75 Å². The number of hydrogen-bond acceptors (Lipinski definition) is 4. The average molecular weight is 365 g/mol. The molecule has 0 radical (unpaired) electrons. The fourth-order valence-electron chi connectivity index (χ4n) is 3.13. The number of carbonyl (C=O) groups is 1. The largest absolute Gasteiger partial charge is 0.496 e. The van der Waals surface area contributed by atoms with Gasteiger partial charge in [-0.3, -0.25) is 14.3 Å². The number of methoxy groups -OCH3 is 1. The zero-order valence-corrected chi connectivity index (χ0v) is 15.7. The van der Waals surface area contributed by atoms with Gasteiger partial charge >= 0.3 is 0 Å². The third-order valence-corrected chi connectivity index (χ3v) is 4.54. The highest BCUT2D eigenvalue weighted by Gasteiger charge is 2.15. The second-order valence-corrected chi connectivity index (χ2v) is 6.53. The van der Waals surface area contributed by atoms with Gasteiger partial charge in [-0.25, -0.2) is 0 Å². The van der Waals surface area contributed by atoms with Crippen LogP contribution in [-0.2, 0) is 11.3 Å². The first-order valence-electron chi connectivity index (χ1n) is 8.88. The number of para-hydroxylation sites is 1. The van der Waals surface area contributed by atoms with Crippen molar-refractivity contribution in [2.75, 3.05) is 7.11 Å². The Labute approximate surface area is 157 Å². The summed E-state index contributed by atoms with van der Waals surface area (Å²) in [5.41, 5.74) is 2.66. The van der Waals surface area contributed by atoms with E-state index in [2.05, 4.69) is 10.4 Å². The summed E-state index contributed by atoms with van der Waals surface area (Å²) in [5, 5.41) is 7.77. The summed E-state index contributed by atoms with van der Waals surface area (Å²) in [6.45, 7) is 4.33. The fraction of sp³-hybridized carbons (Fsp3) is 0.286. The standard InChI is InChI=1S/C21H23N3O3/c1-14-8-9-20(27-3)17(12-14)15(2)23-21(26)10-11-24-18-7-5-4-6-16(18)19(25)13-22-24/h4-9,12-13,15H,10-11H2,1-3H3,(H,23,26)/t15-/m1/s1. The van der Waals surface area contributed by atoms with E-state index in [0.29, 0.717) is 11.9 Å². The second-order valence-electron chi connectivity index (χ2n) is 6.53. The van der Waals surface area contributed by atoms with Crippen molar-refractivity contribution in [1.82, 2.24) is 15.1 Å². The Bertz CT molecular complexity index is 1030. The summed E-state index contributed by atoms with van der Waals surface area (Å²) in [6, 6.07) is 13.0. The fourth-order valence-corrected chi connectivity index (χ4v) is 3.13. The van der Waals surface area contributed by atoms with Crippen molar-refractivity contribution >= 4 is 16.8 Å². The van der Waals surface area contributed by atoms with E-state index < -0.39 is 0 Å². The summed E-state index contributed by atoms with van der Waals surface area (Å²) >= 11 is 0. The van der Waals surface area contributed by atoms with Gasteiger partial charge in [0.25, 0.3) is 0 Å². The molecular formula is C21H23N3O3. The van der Waals surface area contributed by atoms with Gasteiger partial charge in [-0.15, -0.1) is 0 Å². The lowest BCUT2D eigenvalue weighted by Crippen LogP contribution is -2.28. The molecule has 0 saturated carbocycles. The van der Waals surface area contributed by atoms with E-state index in [1.165, 1.54) is 6.20 Å². The Balaban J connectivity index is 1.70. The molecule has 0 saturated heterocycles. The van der Waals surface area contributed by atoms with Gasteiger partial charge in [0.15, 0.2) is 0 Å². The highest BCUT2D eigenvalue weighted by atomic mass is 16.5. The number of amides is 1.